The van der Waals surface area contributed by atoms with Gasteiger partial charge in [-0.15, -0.1) is 0 Å². The van der Waals surface area contributed by atoms with Gasteiger partial charge in [-0.3, -0.25) is 14.2 Å². The zero-order chi connectivity index (χ0) is 10.8. The van der Waals surface area contributed by atoms with Crippen molar-refractivity contribution in [2.24, 2.45) is 0 Å². The van der Waals surface area contributed by atoms with Crippen LogP contribution in [0.15, 0.2) is 10.9 Å². The van der Waals surface area contributed by atoms with E-state index in [2.05, 4.69) is 10.3 Å². The Morgan fingerprint density at radius 1 is 1.53 bits per heavy atom. The van der Waals surface area contributed by atoms with E-state index in [-0.39, 0.29) is 11.5 Å². The van der Waals surface area contributed by atoms with Gasteiger partial charge in [0.1, 0.15) is 11.6 Å². The van der Waals surface area contributed by atoms with Crippen molar-refractivity contribution in [1.29, 1.82) is 0 Å². The minimum Gasteiger partial charge on any atom is -0.311 e. The van der Waals surface area contributed by atoms with E-state index >= 15 is 0 Å². The molecule has 1 aromatic rings. The summed E-state index contributed by atoms with van der Waals surface area (Å²) in [5.41, 5.74) is -0.0801. The van der Waals surface area contributed by atoms with E-state index in [0.29, 0.717) is 5.82 Å². The number of anilines is 1. The van der Waals surface area contributed by atoms with E-state index in [1.165, 1.54) is 13.0 Å². The highest BCUT2D eigenvalue weighted by Gasteiger charge is 2.12. The summed E-state index contributed by atoms with van der Waals surface area (Å²) in [5, 5.41) is 2.53. The second kappa shape index (κ2) is 3.84. The third-order valence-electron chi connectivity index (χ3n) is 2.42. The molecule has 0 bridgehead atoms. The molecule has 0 unspecified atom stereocenters. The number of carbonyl (C=O) groups excluding carboxylic acids is 1. The summed E-state index contributed by atoms with van der Waals surface area (Å²) < 4.78 is 1.68. The van der Waals surface area contributed by atoms with Crippen molar-refractivity contribution in [1.82, 2.24) is 9.55 Å². The van der Waals surface area contributed by atoms with Crippen LogP contribution in [0.4, 0.5) is 5.82 Å². The van der Waals surface area contributed by atoms with Crippen LogP contribution in [0.3, 0.4) is 0 Å². The normalized spacial score (nSPS) is 14.5. The summed E-state index contributed by atoms with van der Waals surface area (Å²) >= 11 is 0. The van der Waals surface area contributed by atoms with E-state index in [9.17, 15) is 9.59 Å². The highest BCUT2D eigenvalue weighted by molar-refractivity contribution is 5.87. The highest BCUT2D eigenvalue weighted by atomic mass is 16.1. The lowest BCUT2D eigenvalue weighted by molar-refractivity contribution is -0.114. The quantitative estimate of drug-likeness (QED) is 0.731. The van der Waals surface area contributed by atoms with Crippen molar-refractivity contribution in [3.8, 4) is 0 Å². The third-order valence-corrected chi connectivity index (χ3v) is 2.42. The maximum atomic E-state index is 11.6. The Morgan fingerprint density at radius 2 is 2.33 bits per heavy atom. The fourth-order valence-corrected chi connectivity index (χ4v) is 1.78. The summed E-state index contributed by atoms with van der Waals surface area (Å²) in [6.07, 6.45) is 2.88. The first kappa shape index (κ1) is 9.89. The van der Waals surface area contributed by atoms with Gasteiger partial charge in [-0.2, -0.15) is 0 Å². The first-order chi connectivity index (χ1) is 7.16. The van der Waals surface area contributed by atoms with Crippen LogP contribution >= 0.6 is 0 Å². The predicted molar refractivity (Wildman–Crippen MR) is 55.7 cm³/mol. The van der Waals surface area contributed by atoms with Crippen molar-refractivity contribution >= 4 is 11.7 Å². The number of nitrogens with one attached hydrogen (secondary N) is 1. The first-order valence-electron chi connectivity index (χ1n) is 5.05. The lowest BCUT2D eigenvalue weighted by atomic mass is 10.1. The molecule has 2 rings (SSSR count). The lowest BCUT2D eigenvalue weighted by Gasteiger charge is -2.17. The molecule has 0 aromatic carbocycles. The number of aryl methyl sites for hydroxylation is 1. The Labute approximate surface area is 87.1 Å². The molecule has 15 heavy (non-hydrogen) atoms. The smallest absolute Gasteiger partial charge is 0.255 e. The minimum absolute atomic E-state index is 0.0801. The maximum Gasteiger partial charge on any atom is 0.255 e. The van der Waals surface area contributed by atoms with Gasteiger partial charge in [0.2, 0.25) is 5.91 Å². The Kier molecular flexibility index (Phi) is 2.53. The molecule has 1 aromatic heterocycles. The van der Waals surface area contributed by atoms with E-state index in [1.807, 2.05) is 0 Å². The van der Waals surface area contributed by atoms with Crippen molar-refractivity contribution in [2.75, 3.05) is 5.32 Å². The number of aromatic nitrogens is 2. The number of amides is 1. The highest BCUT2D eigenvalue weighted by Crippen LogP contribution is 2.11. The summed E-state index contributed by atoms with van der Waals surface area (Å²) in [5.74, 6) is 0.931. The monoisotopic (exact) mass is 207 g/mol. The van der Waals surface area contributed by atoms with Crippen LogP contribution in [-0.4, -0.2) is 15.5 Å². The molecule has 0 aliphatic carbocycles. The molecule has 1 amide bonds. The molecule has 80 valence electrons. The van der Waals surface area contributed by atoms with Gasteiger partial charge in [0, 0.05) is 26.0 Å². The van der Waals surface area contributed by atoms with Crippen LogP contribution < -0.4 is 10.9 Å². The average Bonchev–Trinajstić information content (AvgIpc) is 2.16. The Hall–Kier alpha value is -1.65. The van der Waals surface area contributed by atoms with Gasteiger partial charge in [0.15, 0.2) is 0 Å². The fourth-order valence-electron chi connectivity index (χ4n) is 1.78. The number of nitrogens with zero attached hydrogens (tertiary/aromatic N) is 2. The molecule has 0 fully saturated rings. The number of hydrogen-bond donors (Lipinski definition) is 1. The topological polar surface area (TPSA) is 64.0 Å². The molecule has 0 saturated carbocycles. The van der Waals surface area contributed by atoms with Crippen molar-refractivity contribution < 1.29 is 4.79 Å². The van der Waals surface area contributed by atoms with Crippen molar-refractivity contribution in [3.05, 3.63) is 22.2 Å². The van der Waals surface area contributed by atoms with E-state index in [1.54, 1.807) is 4.57 Å². The maximum absolute atomic E-state index is 11.6. The van der Waals surface area contributed by atoms with Crippen LogP contribution in [0, 0.1) is 0 Å². The summed E-state index contributed by atoms with van der Waals surface area (Å²) in [7, 11) is 0. The molecule has 0 atom stereocenters. The molecular weight excluding hydrogens is 194 g/mol. The van der Waals surface area contributed by atoms with Crippen molar-refractivity contribution in [3.63, 3.8) is 0 Å². The van der Waals surface area contributed by atoms with Gasteiger partial charge < -0.3 is 5.32 Å². The van der Waals surface area contributed by atoms with E-state index < -0.39 is 0 Å². The van der Waals surface area contributed by atoms with Crippen LogP contribution in [0.2, 0.25) is 0 Å². The Morgan fingerprint density at radius 3 is 3.07 bits per heavy atom. The van der Waals surface area contributed by atoms with E-state index in [4.69, 9.17) is 0 Å². The van der Waals surface area contributed by atoms with Gasteiger partial charge in [-0.25, -0.2) is 4.98 Å². The van der Waals surface area contributed by atoms with Crippen LogP contribution in [0.25, 0.3) is 0 Å². The van der Waals surface area contributed by atoms with Gasteiger partial charge in [-0.05, 0) is 12.8 Å². The van der Waals surface area contributed by atoms with Gasteiger partial charge in [0.05, 0.1) is 0 Å². The van der Waals surface area contributed by atoms with Gasteiger partial charge in [-0.1, -0.05) is 0 Å². The zero-order valence-corrected chi connectivity index (χ0v) is 8.62. The molecule has 5 heteroatoms. The number of fused-ring (bicyclic) bond motifs is 1. The SMILES string of the molecule is CC(=O)Nc1cc(=O)n2c(n1)CCCC2. The molecule has 5 nitrogen and oxygen atoms in total. The van der Waals surface area contributed by atoms with Crippen LogP contribution in [0.5, 0.6) is 0 Å². The number of rotatable bonds is 1. The summed E-state index contributed by atoms with van der Waals surface area (Å²) in [6.45, 7) is 2.14. The second-order valence-corrected chi connectivity index (χ2v) is 3.69. The molecule has 1 aliphatic rings. The number of hydrogen-bond acceptors (Lipinski definition) is 3. The van der Waals surface area contributed by atoms with Gasteiger partial charge >= 0.3 is 0 Å². The molecule has 0 radical (unpaired) electrons. The standard InChI is InChI=1S/C10H13N3O2/c1-7(14)11-8-6-10(15)13-5-3-2-4-9(13)12-8/h6H,2-5H2,1H3,(H,11,14). The van der Waals surface area contributed by atoms with Crippen molar-refractivity contribution in [2.45, 2.75) is 32.7 Å². The molecule has 2 heterocycles. The second-order valence-electron chi connectivity index (χ2n) is 3.69. The molecule has 0 saturated heterocycles. The minimum atomic E-state index is -0.206. The average molecular weight is 207 g/mol. The Bertz CT molecular complexity index is 450. The molecular formula is C10H13N3O2. The van der Waals surface area contributed by atoms with Crippen LogP contribution in [-0.2, 0) is 17.8 Å². The summed E-state index contributed by atoms with van der Waals surface area (Å²) in [6, 6.07) is 1.37. The van der Waals surface area contributed by atoms with Gasteiger partial charge in [0.25, 0.3) is 5.56 Å². The zero-order valence-electron chi connectivity index (χ0n) is 8.62. The number of carbonyl (C=O) groups is 1. The third kappa shape index (κ3) is 2.06. The molecule has 1 aliphatic heterocycles. The lowest BCUT2D eigenvalue weighted by Crippen LogP contribution is -2.28. The predicted octanol–water partition coefficient (Wildman–Crippen LogP) is 0.538. The Balaban J connectivity index is 2.40. The largest absolute Gasteiger partial charge is 0.311 e. The molecule has 1 N–H and O–H groups in total. The molecule has 0 spiro atoms. The van der Waals surface area contributed by atoms with E-state index in [0.717, 1.165) is 31.6 Å². The fraction of sp³-hybridized carbons (Fsp3) is 0.500. The summed E-state index contributed by atoms with van der Waals surface area (Å²) in [4.78, 5) is 26.7. The van der Waals surface area contributed by atoms with Crippen LogP contribution in [0.1, 0.15) is 25.6 Å². The first-order valence-corrected chi connectivity index (χ1v) is 5.05.